The summed E-state index contributed by atoms with van der Waals surface area (Å²) in [6.07, 6.45) is 5.10. The van der Waals surface area contributed by atoms with Crippen LogP contribution in [0.3, 0.4) is 0 Å². The van der Waals surface area contributed by atoms with E-state index in [1.165, 1.54) is 16.7 Å². The first-order chi connectivity index (χ1) is 15.1. The van der Waals surface area contributed by atoms with E-state index in [1.807, 2.05) is 6.07 Å². The van der Waals surface area contributed by atoms with Crippen molar-refractivity contribution in [1.29, 1.82) is 0 Å². The number of phosphoric acid groups is 1. The molecule has 184 valence electrons. The number of hydrogen-bond donors (Lipinski definition) is 0. The summed E-state index contributed by atoms with van der Waals surface area (Å²) in [5.74, 6) is 1.13. The molecule has 1 aliphatic carbocycles. The van der Waals surface area contributed by atoms with Gasteiger partial charge in [0.2, 0.25) is 0 Å². The molecule has 0 bridgehead atoms. The van der Waals surface area contributed by atoms with E-state index >= 15 is 0 Å². The van der Waals surface area contributed by atoms with Crippen LogP contribution in [0.1, 0.15) is 76.1 Å². The van der Waals surface area contributed by atoms with Gasteiger partial charge in [0.15, 0.2) is 0 Å². The molecule has 0 saturated carbocycles. The lowest BCUT2D eigenvalue weighted by molar-refractivity contribution is 0.0327. The molecule has 0 spiro atoms. The monoisotopic (exact) mass is 470 g/mol. The fourth-order valence-corrected chi connectivity index (χ4v) is 6.00. The average Bonchev–Trinajstić information content (AvgIpc) is 2.73. The highest BCUT2D eigenvalue weighted by Gasteiger charge is 2.39. The van der Waals surface area contributed by atoms with Crippen LogP contribution in [0.25, 0.3) is 0 Å². The molecule has 32 heavy (non-hydrogen) atoms. The number of rotatable bonds is 13. The topological polar surface area (TPSA) is 63.2 Å². The van der Waals surface area contributed by atoms with E-state index in [1.54, 1.807) is 28.1 Å². The van der Waals surface area contributed by atoms with E-state index in [4.69, 9.17) is 23.0 Å². The molecule has 1 aliphatic rings. The van der Waals surface area contributed by atoms with Crippen molar-refractivity contribution < 1.29 is 27.6 Å². The molecular formula is C25H43O6P. The second kappa shape index (κ2) is 12.0. The molecule has 2 atom stereocenters. The molecule has 0 aromatic heterocycles. The Bertz CT molecular complexity index is 781. The lowest BCUT2D eigenvalue weighted by Crippen LogP contribution is -2.40. The van der Waals surface area contributed by atoms with E-state index in [0.29, 0.717) is 11.7 Å². The molecule has 2 rings (SSSR count). The third kappa shape index (κ3) is 6.36. The van der Waals surface area contributed by atoms with Gasteiger partial charge >= 0.3 is 7.82 Å². The summed E-state index contributed by atoms with van der Waals surface area (Å²) in [4.78, 5) is 0. The Morgan fingerprint density at radius 3 is 2.38 bits per heavy atom. The molecule has 0 fully saturated rings. The minimum atomic E-state index is -3.69. The predicted octanol–water partition coefficient (Wildman–Crippen LogP) is 6.40. The summed E-state index contributed by atoms with van der Waals surface area (Å²) >= 11 is 0. The van der Waals surface area contributed by atoms with Crippen LogP contribution in [-0.2, 0) is 41.3 Å². The Morgan fingerprint density at radius 1 is 1.16 bits per heavy atom. The minimum absolute atomic E-state index is 0.115. The first kappa shape index (κ1) is 27.3. The fourth-order valence-electron chi connectivity index (χ4n) is 4.76. The second-order valence-corrected chi connectivity index (χ2v) is 10.9. The number of hydrogen-bond acceptors (Lipinski definition) is 6. The Morgan fingerprint density at radius 2 is 1.81 bits per heavy atom. The summed E-state index contributed by atoms with van der Waals surface area (Å²) in [6.45, 7) is 13.6. The molecule has 0 unspecified atom stereocenters. The molecule has 1 aromatic carbocycles. The van der Waals surface area contributed by atoms with E-state index in [9.17, 15) is 4.57 Å². The van der Waals surface area contributed by atoms with Gasteiger partial charge in [-0.05, 0) is 87.1 Å². The summed E-state index contributed by atoms with van der Waals surface area (Å²) in [5, 5.41) is 0. The maximum atomic E-state index is 13.2. The largest absolute Gasteiger partial charge is 0.530 e. The maximum Gasteiger partial charge on any atom is 0.530 e. The zero-order valence-corrected chi connectivity index (χ0v) is 22.2. The smallest absolute Gasteiger partial charge is 0.404 e. The minimum Gasteiger partial charge on any atom is -0.404 e. The fraction of sp³-hybridized carbons (Fsp3) is 0.760. The highest BCUT2D eigenvalue weighted by molar-refractivity contribution is 7.48. The van der Waals surface area contributed by atoms with Gasteiger partial charge in [-0.25, -0.2) is 4.57 Å². The van der Waals surface area contributed by atoms with Crippen molar-refractivity contribution in [3.8, 4) is 5.75 Å². The van der Waals surface area contributed by atoms with E-state index in [-0.39, 0.29) is 24.7 Å². The SMILES string of the molecule is CCOP(=O)(OCC)Oc1cc2c(c(CC[C@H](C)CCOC)c1C)CC[C@H](OC)C2(C)C. The molecule has 0 N–H and O–H groups in total. The quantitative estimate of drug-likeness (QED) is 0.311. The Balaban J connectivity index is 2.51. The summed E-state index contributed by atoms with van der Waals surface area (Å²) in [6, 6.07) is 2.04. The highest BCUT2D eigenvalue weighted by atomic mass is 31.2. The Hall–Kier alpha value is -0.910. The van der Waals surface area contributed by atoms with Crippen molar-refractivity contribution in [1.82, 2.24) is 0 Å². The number of phosphoric ester groups is 1. The summed E-state index contributed by atoms with van der Waals surface area (Å²) < 4.78 is 41.1. The molecule has 0 radical (unpaired) electrons. The first-order valence-electron chi connectivity index (χ1n) is 11.9. The van der Waals surface area contributed by atoms with Gasteiger partial charge in [-0.2, -0.15) is 0 Å². The summed E-state index contributed by atoms with van der Waals surface area (Å²) in [5.41, 5.74) is 4.72. The van der Waals surface area contributed by atoms with Crippen LogP contribution >= 0.6 is 7.82 Å². The van der Waals surface area contributed by atoms with Gasteiger partial charge in [0.25, 0.3) is 0 Å². The normalized spacial score (nSPS) is 18.9. The van der Waals surface area contributed by atoms with Gasteiger partial charge in [0.1, 0.15) is 5.75 Å². The first-order valence-corrected chi connectivity index (χ1v) is 13.4. The van der Waals surface area contributed by atoms with Crippen LogP contribution in [0.15, 0.2) is 6.07 Å². The van der Waals surface area contributed by atoms with Gasteiger partial charge in [-0.15, -0.1) is 0 Å². The number of benzene rings is 1. The Kier molecular flexibility index (Phi) is 10.2. The van der Waals surface area contributed by atoms with Crippen LogP contribution in [0, 0.1) is 12.8 Å². The molecule has 7 heteroatoms. The maximum absolute atomic E-state index is 13.2. The lowest BCUT2D eigenvalue weighted by atomic mass is 9.68. The lowest BCUT2D eigenvalue weighted by Gasteiger charge is -2.41. The van der Waals surface area contributed by atoms with Gasteiger partial charge in [-0.1, -0.05) is 20.8 Å². The van der Waals surface area contributed by atoms with Crippen molar-refractivity contribution >= 4 is 7.82 Å². The van der Waals surface area contributed by atoms with Crippen LogP contribution < -0.4 is 4.52 Å². The second-order valence-electron chi connectivity index (χ2n) is 9.29. The molecule has 0 saturated heterocycles. The Labute approximate surface area is 194 Å². The van der Waals surface area contributed by atoms with Crippen LogP contribution in [0.4, 0.5) is 0 Å². The van der Waals surface area contributed by atoms with Crippen LogP contribution in [0.5, 0.6) is 5.75 Å². The summed E-state index contributed by atoms with van der Waals surface area (Å²) in [7, 11) is -0.164. The van der Waals surface area contributed by atoms with Crippen molar-refractivity contribution in [2.45, 2.75) is 85.2 Å². The third-order valence-electron chi connectivity index (χ3n) is 6.71. The van der Waals surface area contributed by atoms with Gasteiger partial charge in [0, 0.05) is 26.2 Å². The zero-order chi connectivity index (χ0) is 23.9. The number of methoxy groups -OCH3 is 2. The van der Waals surface area contributed by atoms with Gasteiger partial charge in [0.05, 0.1) is 19.3 Å². The van der Waals surface area contributed by atoms with Crippen molar-refractivity contribution in [2.75, 3.05) is 34.0 Å². The van der Waals surface area contributed by atoms with E-state index in [0.717, 1.165) is 44.3 Å². The molecule has 0 heterocycles. The zero-order valence-electron chi connectivity index (χ0n) is 21.3. The molecule has 6 nitrogen and oxygen atoms in total. The number of fused-ring (bicyclic) bond motifs is 1. The predicted molar refractivity (Wildman–Crippen MR) is 129 cm³/mol. The van der Waals surface area contributed by atoms with E-state index in [2.05, 4.69) is 27.7 Å². The molecule has 0 amide bonds. The van der Waals surface area contributed by atoms with Gasteiger partial charge in [-0.3, -0.25) is 9.05 Å². The van der Waals surface area contributed by atoms with Crippen molar-refractivity contribution in [2.24, 2.45) is 5.92 Å². The average molecular weight is 471 g/mol. The van der Waals surface area contributed by atoms with Crippen LogP contribution in [-0.4, -0.2) is 40.1 Å². The standard InChI is InChI=1S/C25H43O6P/c1-9-29-32(26,30-10-2)31-23-17-22-21(13-14-24(28-8)25(22,5)6)20(19(23)4)12-11-18(3)15-16-27-7/h17-18,24H,9-16H2,1-8H3/t18-,24-/m0/s1. The molecular weight excluding hydrogens is 427 g/mol. The van der Waals surface area contributed by atoms with Crippen molar-refractivity contribution in [3.63, 3.8) is 0 Å². The van der Waals surface area contributed by atoms with Gasteiger partial charge < -0.3 is 14.0 Å². The third-order valence-corrected chi connectivity index (χ3v) is 8.28. The van der Waals surface area contributed by atoms with Crippen LogP contribution in [0.2, 0.25) is 0 Å². The highest BCUT2D eigenvalue weighted by Crippen LogP contribution is 2.52. The van der Waals surface area contributed by atoms with Crippen molar-refractivity contribution in [3.05, 3.63) is 28.3 Å². The number of ether oxygens (including phenoxy) is 2. The van der Waals surface area contributed by atoms with E-state index < -0.39 is 7.82 Å². The molecule has 1 aromatic rings. The molecule has 0 aliphatic heterocycles.